The van der Waals surface area contributed by atoms with Crippen molar-refractivity contribution >= 4 is 10.9 Å². The average molecular weight is 240 g/mol. The molecule has 0 atom stereocenters. The molecular formula is C13H12N4O. The van der Waals surface area contributed by atoms with E-state index in [0.29, 0.717) is 12.2 Å². The number of aromatic amines is 1. The van der Waals surface area contributed by atoms with Crippen molar-refractivity contribution in [2.75, 3.05) is 0 Å². The predicted octanol–water partition coefficient (Wildman–Crippen LogP) is 1.79. The van der Waals surface area contributed by atoms with Gasteiger partial charge in [0.2, 0.25) is 0 Å². The SMILES string of the molecule is NCc1cnc(-c2c[nH]c3cccc(O)c23)cn1. The predicted molar refractivity (Wildman–Crippen MR) is 68.9 cm³/mol. The van der Waals surface area contributed by atoms with Gasteiger partial charge in [0.1, 0.15) is 5.75 Å². The topological polar surface area (TPSA) is 87.8 Å². The maximum absolute atomic E-state index is 9.91. The molecule has 0 aliphatic heterocycles. The minimum atomic E-state index is 0.230. The van der Waals surface area contributed by atoms with Gasteiger partial charge in [0.15, 0.2) is 0 Å². The van der Waals surface area contributed by atoms with Crippen molar-refractivity contribution in [2.24, 2.45) is 5.73 Å². The number of H-pyrrole nitrogens is 1. The maximum Gasteiger partial charge on any atom is 0.125 e. The first-order valence-corrected chi connectivity index (χ1v) is 5.60. The molecule has 0 saturated heterocycles. The van der Waals surface area contributed by atoms with E-state index in [9.17, 15) is 5.11 Å². The zero-order chi connectivity index (χ0) is 12.5. The van der Waals surface area contributed by atoms with Gasteiger partial charge in [-0.3, -0.25) is 9.97 Å². The second-order valence-electron chi connectivity index (χ2n) is 4.00. The molecular weight excluding hydrogens is 228 g/mol. The van der Waals surface area contributed by atoms with Crippen molar-refractivity contribution in [3.8, 4) is 17.0 Å². The zero-order valence-electron chi connectivity index (χ0n) is 9.59. The van der Waals surface area contributed by atoms with Crippen LogP contribution in [0.4, 0.5) is 0 Å². The van der Waals surface area contributed by atoms with Crippen molar-refractivity contribution < 1.29 is 5.11 Å². The number of aromatic hydroxyl groups is 1. The van der Waals surface area contributed by atoms with Crippen molar-refractivity contribution in [1.29, 1.82) is 0 Å². The molecule has 0 fully saturated rings. The molecule has 4 N–H and O–H groups in total. The molecule has 0 unspecified atom stereocenters. The molecule has 2 heterocycles. The van der Waals surface area contributed by atoms with E-state index in [1.165, 1.54) is 0 Å². The Bertz CT molecular complexity index is 688. The van der Waals surface area contributed by atoms with Gasteiger partial charge < -0.3 is 15.8 Å². The van der Waals surface area contributed by atoms with Crippen LogP contribution in [0.15, 0.2) is 36.8 Å². The molecule has 3 aromatic rings. The standard InChI is InChI=1S/C13H12N4O/c14-4-8-5-16-11(7-15-8)9-6-17-10-2-1-3-12(18)13(9)10/h1-3,5-7,17-18H,4,14H2. The Morgan fingerprint density at radius 1 is 1.22 bits per heavy atom. The number of phenols is 1. The lowest BCUT2D eigenvalue weighted by Crippen LogP contribution is -2.00. The number of hydrogen-bond donors (Lipinski definition) is 3. The Balaban J connectivity index is 2.18. The number of nitrogens with two attached hydrogens (primary N) is 1. The van der Waals surface area contributed by atoms with E-state index in [2.05, 4.69) is 15.0 Å². The average Bonchev–Trinajstić information content (AvgIpc) is 2.84. The number of fused-ring (bicyclic) bond motifs is 1. The number of aromatic nitrogens is 3. The summed E-state index contributed by atoms with van der Waals surface area (Å²) in [6.07, 6.45) is 5.13. The maximum atomic E-state index is 9.91. The van der Waals surface area contributed by atoms with Gasteiger partial charge in [-0.15, -0.1) is 0 Å². The first-order chi connectivity index (χ1) is 8.79. The third kappa shape index (κ3) is 1.61. The van der Waals surface area contributed by atoms with Crippen LogP contribution in [0.5, 0.6) is 5.75 Å². The highest BCUT2D eigenvalue weighted by atomic mass is 16.3. The number of nitrogens with one attached hydrogen (secondary N) is 1. The molecule has 0 spiro atoms. The smallest absolute Gasteiger partial charge is 0.125 e. The fraction of sp³-hybridized carbons (Fsp3) is 0.0769. The van der Waals surface area contributed by atoms with Crippen LogP contribution >= 0.6 is 0 Å². The lowest BCUT2D eigenvalue weighted by atomic mass is 10.1. The molecule has 0 saturated carbocycles. The van der Waals surface area contributed by atoms with Gasteiger partial charge in [-0.25, -0.2) is 0 Å². The van der Waals surface area contributed by atoms with Crippen molar-refractivity contribution in [3.63, 3.8) is 0 Å². The molecule has 0 radical (unpaired) electrons. The van der Waals surface area contributed by atoms with Crippen molar-refractivity contribution in [1.82, 2.24) is 15.0 Å². The summed E-state index contributed by atoms with van der Waals surface area (Å²) in [4.78, 5) is 11.6. The normalized spacial score (nSPS) is 10.9. The monoisotopic (exact) mass is 240 g/mol. The molecule has 0 bridgehead atoms. The Labute approximate surface area is 103 Å². The molecule has 0 amide bonds. The van der Waals surface area contributed by atoms with Gasteiger partial charge in [-0.05, 0) is 12.1 Å². The molecule has 18 heavy (non-hydrogen) atoms. The highest BCUT2D eigenvalue weighted by Gasteiger charge is 2.10. The third-order valence-electron chi connectivity index (χ3n) is 2.87. The van der Waals surface area contributed by atoms with E-state index in [1.54, 1.807) is 24.5 Å². The molecule has 5 heteroatoms. The van der Waals surface area contributed by atoms with Gasteiger partial charge in [-0.1, -0.05) is 6.07 Å². The summed E-state index contributed by atoms with van der Waals surface area (Å²) in [5.74, 6) is 0.230. The largest absolute Gasteiger partial charge is 0.507 e. The van der Waals surface area contributed by atoms with E-state index in [1.807, 2.05) is 12.3 Å². The van der Waals surface area contributed by atoms with Crippen LogP contribution in [0.2, 0.25) is 0 Å². The summed E-state index contributed by atoms with van der Waals surface area (Å²) in [6, 6.07) is 5.35. The Kier molecular flexibility index (Phi) is 2.46. The number of rotatable bonds is 2. The van der Waals surface area contributed by atoms with Crippen molar-refractivity contribution in [3.05, 3.63) is 42.5 Å². The van der Waals surface area contributed by atoms with Crippen LogP contribution in [0.3, 0.4) is 0 Å². The van der Waals surface area contributed by atoms with Gasteiger partial charge in [0, 0.05) is 23.8 Å². The number of nitrogens with zero attached hydrogens (tertiary/aromatic N) is 2. The zero-order valence-corrected chi connectivity index (χ0v) is 9.59. The van der Waals surface area contributed by atoms with Crippen LogP contribution in [-0.2, 0) is 6.54 Å². The van der Waals surface area contributed by atoms with Crippen LogP contribution in [0.25, 0.3) is 22.2 Å². The summed E-state index contributed by atoms with van der Waals surface area (Å²) < 4.78 is 0. The highest BCUT2D eigenvalue weighted by molar-refractivity contribution is 5.98. The number of hydrogen-bond acceptors (Lipinski definition) is 4. The fourth-order valence-electron chi connectivity index (χ4n) is 1.97. The van der Waals surface area contributed by atoms with Gasteiger partial charge in [0.05, 0.1) is 29.2 Å². The summed E-state index contributed by atoms with van der Waals surface area (Å²) in [6.45, 7) is 0.367. The molecule has 90 valence electrons. The van der Waals surface area contributed by atoms with E-state index in [-0.39, 0.29) is 5.75 Å². The summed E-state index contributed by atoms with van der Waals surface area (Å²) in [5.41, 5.74) is 8.63. The summed E-state index contributed by atoms with van der Waals surface area (Å²) >= 11 is 0. The van der Waals surface area contributed by atoms with Gasteiger partial charge in [-0.2, -0.15) is 0 Å². The molecule has 3 rings (SSSR count). The second kappa shape index (κ2) is 4.12. The second-order valence-corrected chi connectivity index (χ2v) is 4.00. The molecule has 0 aliphatic rings. The first kappa shape index (κ1) is 10.7. The fourth-order valence-corrected chi connectivity index (χ4v) is 1.97. The minimum Gasteiger partial charge on any atom is -0.507 e. The Morgan fingerprint density at radius 2 is 2.11 bits per heavy atom. The first-order valence-electron chi connectivity index (χ1n) is 5.60. The van der Waals surface area contributed by atoms with E-state index in [4.69, 9.17) is 5.73 Å². The van der Waals surface area contributed by atoms with E-state index in [0.717, 1.165) is 22.2 Å². The minimum absolute atomic E-state index is 0.230. The molecule has 5 nitrogen and oxygen atoms in total. The third-order valence-corrected chi connectivity index (χ3v) is 2.87. The summed E-state index contributed by atoms with van der Waals surface area (Å²) in [5, 5.41) is 10.7. The molecule has 0 aliphatic carbocycles. The van der Waals surface area contributed by atoms with Gasteiger partial charge >= 0.3 is 0 Å². The van der Waals surface area contributed by atoms with Crippen molar-refractivity contribution in [2.45, 2.75) is 6.54 Å². The Morgan fingerprint density at radius 3 is 2.83 bits per heavy atom. The lowest BCUT2D eigenvalue weighted by molar-refractivity contribution is 0.482. The number of benzene rings is 1. The quantitative estimate of drug-likeness (QED) is 0.637. The summed E-state index contributed by atoms with van der Waals surface area (Å²) in [7, 11) is 0. The lowest BCUT2D eigenvalue weighted by Gasteiger charge is -2.01. The molecule has 2 aromatic heterocycles. The van der Waals surface area contributed by atoms with Gasteiger partial charge in [0.25, 0.3) is 0 Å². The van der Waals surface area contributed by atoms with E-state index >= 15 is 0 Å². The number of phenolic OH excluding ortho intramolecular Hbond substituents is 1. The van der Waals surface area contributed by atoms with Crippen LogP contribution in [-0.4, -0.2) is 20.1 Å². The Hall–Kier alpha value is -2.40. The van der Waals surface area contributed by atoms with Crippen LogP contribution < -0.4 is 5.73 Å². The van der Waals surface area contributed by atoms with E-state index < -0.39 is 0 Å². The van der Waals surface area contributed by atoms with Crippen LogP contribution in [0.1, 0.15) is 5.69 Å². The van der Waals surface area contributed by atoms with Crippen LogP contribution in [0, 0.1) is 0 Å². The molecule has 1 aromatic carbocycles. The highest BCUT2D eigenvalue weighted by Crippen LogP contribution is 2.33.